The van der Waals surface area contributed by atoms with Crippen molar-refractivity contribution in [2.24, 2.45) is 0 Å². The highest BCUT2D eigenvalue weighted by Gasteiger charge is 2.30. The average molecular weight is 339 g/mol. The lowest BCUT2D eigenvalue weighted by Crippen LogP contribution is -2.47. The molecule has 0 aromatic heterocycles. The monoisotopic (exact) mass is 339 g/mol. The predicted molar refractivity (Wildman–Crippen MR) is 93.5 cm³/mol. The lowest BCUT2D eigenvalue weighted by Gasteiger charge is -2.31. The average Bonchev–Trinajstić information content (AvgIpc) is 3.00. The van der Waals surface area contributed by atoms with Crippen molar-refractivity contribution in [3.05, 3.63) is 59.7 Å². The molecule has 0 bridgehead atoms. The minimum atomic E-state index is -0.344. The number of aliphatic hydroxyl groups excluding tert-OH is 1. The molecule has 25 heavy (non-hydrogen) atoms. The molecule has 1 amide bonds. The SMILES string of the molecule is O=C(OCC1c2ccccc2-c2ccccc21)N1CCOC(CO)C1. The van der Waals surface area contributed by atoms with Crippen molar-refractivity contribution in [3.8, 4) is 11.1 Å². The summed E-state index contributed by atoms with van der Waals surface area (Å²) in [6.07, 6.45) is -0.669. The number of nitrogens with zero attached hydrogens (tertiary/aromatic N) is 1. The van der Waals surface area contributed by atoms with Gasteiger partial charge in [0.25, 0.3) is 0 Å². The normalized spacial score (nSPS) is 19.4. The molecule has 1 atom stereocenters. The van der Waals surface area contributed by atoms with Crippen molar-refractivity contribution in [3.63, 3.8) is 0 Å². The first-order valence-electron chi connectivity index (χ1n) is 8.60. The van der Waals surface area contributed by atoms with Gasteiger partial charge in [-0.2, -0.15) is 0 Å². The molecular weight excluding hydrogens is 318 g/mol. The minimum Gasteiger partial charge on any atom is -0.448 e. The molecule has 4 rings (SSSR count). The number of amides is 1. The Kier molecular flexibility index (Phi) is 4.42. The van der Waals surface area contributed by atoms with E-state index >= 15 is 0 Å². The number of rotatable bonds is 3. The van der Waals surface area contributed by atoms with Crippen molar-refractivity contribution in [2.75, 3.05) is 32.9 Å². The van der Waals surface area contributed by atoms with Gasteiger partial charge in [0.15, 0.2) is 0 Å². The van der Waals surface area contributed by atoms with Crippen LogP contribution >= 0.6 is 0 Å². The van der Waals surface area contributed by atoms with Gasteiger partial charge in [-0.3, -0.25) is 0 Å². The highest BCUT2D eigenvalue weighted by atomic mass is 16.6. The van der Waals surface area contributed by atoms with Crippen molar-refractivity contribution >= 4 is 6.09 Å². The first-order chi connectivity index (χ1) is 12.3. The maximum Gasteiger partial charge on any atom is 0.409 e. The second-order valence-corrected chi connectivity index (χ2v) is 6.43. The maximum atomic E-state index is 12.4. The fourth-order valence-corrected chi connectivity index (χ4v) is 3.68. The highest BCUT2D eigenvalue weighted by Crippen LogP contribution is 2.44. The van der Waals surface area contributed by atoms with Gasteiger partial charge in [0.2, 0.25) is 0 Å². The molecule has 0 radical (unpaired) electrons. The molecule has 1 saturated heterocycles. The molecule has 2 aliphatic rings. The van der Waals surface area contributed by atoms with Gasteiger partial charge >= 0.3 is 6.09 Å². The minimum absolute atomic E-state index is 0.0611. The fraction of sp³-hybridized carbons (Fsp3) is 0.350. The van der Waals surface area contributed by atoms with E-state index in [0.29, 0.717) is 26.3 Å². The third kappa shape index (κ3) is 3.01. The third-order valence-electron chi connectivity index (χ3n) is 4.94. The van der Waals surface area contributed by atoms with Crippen LogP contribution in [0.4, 0.5) is 4.79 Å². The zero-order valence-corrected chi connectivity index (χ0v) is 13.9. The van der Waals surface area contributed by atoms with E-state index in [9.17, 15) is 9.90 Å². The summed E-state index contributed by atoms with van der Waals surface area (Å²) >= 11 is 0. The van der Waals surface area contributed by atoms with Gasteiger partial charge < -0.3 is 19.5 Å². The van der Waals surface area contributed by atoms with Crippen LogP contribution in [0.5, 0.6) is 0 Å². The fourth-order valence-electron chi connectivity index (χ4n) is 3.68. The van der Waals surface area contributed by atoms with Crippen LogP contribution in [-0.4, -0.2) is 55.1 Å². The molecule has 1 aliphatic carbocycles. The van der Waals surface area contributed by atoms with E-state index in [1.165, 1.54) is 22.3 Å². The molecule has 1 aliphatic heterocycles. The Bertz CT molecular complexity index is 730. The van der Waals surface area contributed by atoms with Crippen molar-refractivity contribution in [1.29, 1.82) is 0 Å². The molecule has 2 aromatic carbocycles. The Labute approximate surface area is 146 Å². The van der Waals surface area contributed by atoms with Gasteiger partial charge in [0, 0.05) is 12.5 Å². The van der Waals surface area contributed by atoms with Crippen LogP contribution in [0.2, 0.25) is 0 Å². The highest BCUT2D eigenvalue weighted by molar-refractivity contribution is 5.79. The predicted octanol–water partition coefficient (Wildman–Crippen LogP) is 2.63. The maximum absolute atomic E-state index is 12.4. The molecule has 5 heteroatoms. The Morgan fingerprint density at radius 3 is 2.40 bits per heavy atom. The first kappa shape index (κ1) is 16.1. The number of benzene rings is 2. The van der Waals surface area contributed by atoms with Crippen LogP contribution in [0, 0.1) is 0 Å². The van der Waals surface area contributed by atoms with Crippen LogP contribution in [-0.2, 0) is 9.47 Å². The lowest BCUT2D eigenvalue weighted by atomic mass is 9.98. The van der Waals surface area contributed by atoms with Crippen molar-refractivity contribution in [1.82, 2.24) is 4.90 Å². The number of morpholine rings is 1. The summed E-state index contributed by atoms with van der Waals surface area (Å²) < 4.78 is 11.0. The van der Waals surface area contributed by atoms with E-state index in [1.807, 2.05) is 24.3 Å². The third-order valence-corrected chi connectivity index (χ3v) is 4.94. The molecule has 0 saturated carbocycles. The lowest BCUT2D eigenvalue weighted by molar-refractivity contribution is -0.0497. The Morgan fingerprint density at radius 2 is 1.76 bits per heavy atom. The first-order valence-corrected chi connectivity index (χ1v) is 8.60. The molecule has 1 heterocycles. The standard InChI is InChI=1S/C20H21NO4/c22-12-14-11-21(9-10-24-14)20(23)25-13-19-17-7-3-1-5-15(17)16-6-2-4-8-18(16)19/h1-8,14,19,22H,9-13H2. The summed E-state index contributed by atoms with van der Waals surface area (Å²) in [6.45, 7) is 1.51. The largest absolute Gasteiger partial charge is 0.448 e. The van der Waals surface area contributed by atoms with Crippen LogP contribution in [0.15, 0.2) is 48.5 Å². The zero-order valence-electron chi connectivity index (χ0n) is 13.9. The topological polar surface area (TPSA) is 59.0 Å². The molecule has 0 spiro atoms. The summed E-state index contributed by atoms with van der Waals surface area (Å²) in [5.74, 6) is 0.0611. The summed E-state index contributed by atoms with van der Waals surface area (Å²) in [5, 5.41) is 9.21. The van der Waals surface area contributed by atoms with Gasteiger partial charge in [-0.05, 0) is 22.3 Å². The van der Waals surface area contributed by atoms with Crippen molar-refractivity contribution in [2.45, 2.75) is 12.0 Å². The van der Waals surface area contributed by atoms with E-state index in [4.69, 9.17) is 9.47 Å². The Balaban J connectivity index is 1.49. The number of carbonyl (C=O) groups excluding carboxylic acids is 1. The Hall–Kier alpha value is -2.37. The van der Waals surface area contributed by atoms with E-state index in [1.54, 1.807) is 4.90 Å². The van der Waals surface area contributed by atoms with Crippen LogP contribution in [0.25, 0.3) is 11.1 Å². The second kappa shape index (κ2) is 6.86. The van der Waals surface area contributed by atoms with E-state index in [0.717, 1.165) is 0 Å². The number of ether oxygens (including phenoxy) is 2. The van der Waals surface area contributed by atoms with Gasteiger partial charge in [-0.1, -0.05) is 48.5 Å². The second-order valence-electron chi connectivity index (χ2n) is 6.43. The van der Waals surface area contributed by atoms with E-state index < -0.39 is 0 Å². The van der Waals surface area contributed by atoms with Gasteiger partial charge in [0.05, 0.1) is 25.9 Å². The van der Waals surface area contributed by atoms with Crippen LogP contribution in [0.3, 0.4) is 0 Å². The van der Waals surface area contributed by atoms with Gasteiger partial charge in [-0.25, -0.2) is 4.79 Å². The number of hydrogen-bond donors (Lipinski definition) is 1. The summed E-state index contributed by atoms with van der Waals surface area (Å²) in [7, 11) is 0. The summed E-state index contributed by atoms with van der Waals surface area (Å²) in [6, 6.07) is 16.5. The summed E-state index contributed by atoms with van der Waals surface area (Å²) in [4.78, 5) is 14.0. The molecule has 1 N–H and O–H groups in total. The van der Waals surface area contributed by atoms with Crippen LogP contribution in [0.1, 0.15) is 17.0 Å². The zero-order chi connectivity index (χ0) is 17.2. The number of carbonyl (C=O) groups is 1. The Morgan fingerprint density at radius 1 is 1.12 bits per heavy atom. The van der Waals surface area contributed by atoms with E-state index in [2.05, 4.69) is 24.3 Å². The van der Waals surface area contributed by atoms with Gasteiger partial charge in [0.1, 0.15) is 6.61 Å². The quantitative estimate of drug-likeness (QED) is 0.934. The van der Waals surface area contributed by atoms with Crippen molar-refractivity contribution < 1.29 is 19.4 Å². The number of fused-ring (bicyclic) bond motifs is 3. The van der Waals surface area contributed by atoms with Gasteiger partial charge in [-0.15, -0.1) is 0 Å². The molecule has 1 unspecified atom stereocenters. The molecule has 1 fully saturated rings. The smallest absolute Gasteiger partial charge is 0.409 e. The molecule has 2 aromatic rings. The molecule has 130 valence electrons. The van der Waals surface area contributed by atoms with E-state index in [-0.39, 0.29) is 24.7 Å². The van der Waals surface area contributed by atoms with Crippen LogP contribution < -0.4 is 0 Å². The summed E-state index contributed by atoms with van der Waals surface area (Å²) in [5.41, 5.74) is 4.83. The number of hydrogen-bond acceptors (Lipinski definition) is 4. The molecular formula is C20H21NO4. The molecule has 5 nitrogen and oxygen atoms in total. The number of aliphatic hydroxyl groups is 1.